The summed E-state index contributed by atoms with van der Waals surface area (Å²) >= 11 is 0. The van der Waals surface area contributed by atoms with Gasteiger partial charge in [-0.15, -0.1) is 0 Å². The van der Waals surface area contributed by atoms with Crippen molar-refractivity contribution in [3.05, 3.63) is 29.3 Å². The van der Waals surface area contributed by atoms with E-state index in [4.69, 9.17) is 9.47 Å². The summed E-state index contributed by atoms with van der Waals surface area (Å²) in [7, 11) is 1.38. The SMILES string of the molecule is COC(=O)C1CCN(C(=O)c2ccc3c(c2)CCO3)C1. The number of hydrogen-bond acceptors (Lipinski definition) is 4. The lowest BCUT2D eigenvalue weighted by molar-refractivity contribution is -0.144. The Hall–Kier alpha value is -2.04. The van der Waals surface area contributed by atoms with Gasteiger partial charge >= 0.3 is 5.97 Å². The minimum Gasteiger partial charge on any atom is -0.493 e. The number of carbonyl (C=O) groups is 2. The van der Waals surface area contributed by atoms with Crippen molar-refractivity contribution in [1.29, 1.82) is 0 Å². The van der Waals surface area contributed by atoms with Crippen molar-refractivity contribution in [3.8, 4) is 5.75 Å². The summed E-state index contributed by atoms with van der Waals surface area (Å²) in [4.78, 5) is 25.7. The van der Waals surface area contributed by atoms with Crippen LogP contribution in [0.2, 0.25) is 0 Å². The summed E-state index contributed by atoms with van der Waals surface area (Å²) < 4.78 is 10.2. The fourth-order valence-corrected chi connectivity index (χ4v) is 2.81. The number of nitrogens with zero attached hydrogens (tertiary/aromatic N) is 1. The lowest BCUT2D eigenvalue weighted by Gasteiger charge is -2.16. The van der Waals surface area contributed by atoms with E-state index in [0.717, 1.165) is 17.7 Å². The Morgan fingerprint density at radius 2 is 2.25 bits per heavy atom. The van der Waals surface area contributed by atoms with Gasteiger partial charge in [-0.2, -0.15) is 0 Å². The number of benzene rings is 1. The van der Waals surface area contributed by atoms with Crippen LogP contribution in [0.3, 0.4) is 0 Å². The third-order valence-corrected chi connectivity index (χ3v) is 3.95. The largest absolute Gasteiger partial charge is 0.493 e. The van der Waals surface area contributed by atoms with Crippen molar-refractivity contribution in [3.63, 3.8) is 0 Å². The third-order valence-electron chi connectivity index (χ3n) is 3.95. The Bertz CT molecular complexity index is 555. The average molecular weight is 275 g/mol. The molecule has 0 bridgehead atoms. The van der Waals surface area contributed by atoms with E-state index in [1.807, 2.05) is 12.1 Å². The fraction of sp³-hybridized carbons (Fsp3) is 0.467. The maximum Gasteiger partial charge on any atom is 0.310 e. The van der Waals surface area contributed by atoms with Crippen molar-refractivity contribution < 1.29 is 19.1 Å². The highest BCUT2D eigenvalue weighted by Crippen LogP contribution is 2.27. The number of methoxy groups -OCH3 is 1. The molecule has 2 aliphatic rings. The highest BCUT2D eigenvalue weighted by atomic mass is 16.5. The van der Waals surface area contributed by atoms with Gasteiger partial charge in [0.05, 0.1) is 19.6 Å². The molecular formula is C15H17NO4. The predicted octanol–water partition coefficient (Wildman–Crippen LogP) is 1.26. The molecule has 20 heavy (non-hydrogen) atoms. The summed E-state index contributed by atoms with van der Waals surface area (Å²) in [5.41, 5.74) is 1.75. The summed E-state index contributed by atoms with van der Waals surface area (Å²) in [5.74, 6) is 0.422. The van der Waals surface area contributed by atoms with Crippen LogP contribution < -0.4 is 4.74 Å². The molecule has 0 aromatic heterocycles. The average Bonchev–Trinajstić information content (AvgIpc) is 3.13. The van der Waals surface area contributed by atoms with Crippen molar-refractivity contribution in [2.24, 2.45) is 5.92 Å². The smallest absolute Gasteiger partial charge is 0.310 e. The Kier molecular flexibility index (Phi) is 3.34. The van der Waals surface area contributed by atoms with Gasteiger partial charge in [0.1, 0.15) is 5.75 Å². The minimum absolute atomic E-state index is 0.0221. The predicted molar refractivity (Wildman–Crippen MR) is 71.7 cm³/mol. The molecular weight excluding hydrogens is 258 g/mol. The van der Waals surface area contributed by atoms with E-state index in [0.29, 0.717) is 31.7 Å². The molecule has 0 aliphatic carbocycles. The third kappa shape index (κ3) is 2.24. The summed E-state index contributed by atoms with van der Waals surface area (Å²) in [6.07, 6.45) is 1.52. The van der Waals surface area contributed by atoms with Gasteiger partial charge in [-0.05, 0) is 30.2 Å². The quantitative estimate of drug-likeness (QED) is 0.762. The van der Waals surface area contributed by atoms with Crippen molar-refractivity contribution in [2.75, 3.05) is 26.8 Å². The first-order valence-corrected chi connectivity index (χ1v) is 6.82. The number of rotatable bonds is 2. The van der Waals surface area contributed by atoms with E-state index in [1.165, 1.54) is 7.11 Å². The van der Waals surface area contributed by atoms with Crippen molar-refractivity contribution >= 4 is 11.9 Å². The molecule has 1 aromatic carbocycles. The molecule has 5 heteroatoms. The fourth-order valence-electron chi connectivity index (χ4n) is 2.81. The highest BCUT2D eigenvalue weighted by Gasteiger charge is 2.32. The van der Waals surface area contributed by atoms with Crippen LogP contribution in [-0.4, -0.2) is 43.6 Å². The molecule has 2 heterocycles. The number of ether oxygens (including phenoxy) is 2. The zero-order valence-electron chi connectivity index (χ0n) is 11.4. The van der Waals surface area contributed by atoms with Crippen molar-refractivity contribution in [2.45, 2.75) is 12.8 Å². The first-order chi connectivity index (χ1) is 9.69. The molecule has 1 fully saturated rings. The topological polar surface area (TPSA) is 55.8 Å². The Labute approximate surface area is 117 Å². The number of fused-ring (bicyclic) bond motifs is 1. The molecule has 1 unspecified atom stereocenters. The van der Waals surface area contributed by atoms with E-state index >= 15 is 0 Å². The molecule has 0 spiro atoms. The van der Waals surface area contributed by atoms with Gasteiger partial charge in [0.2, 0.25) is 0 Å². The second kappa shape index (κ2) is 5.15. The Morgan fingerprint density at radius 3 is 3.05 bits per heavy atom. The molecule has 3 rings (SSSR count). The maximum atomic E-state index is 12.4. The van der Waals surface area contributed by atoms with Crippen LogP contribution in [0.1, 0.15) is 22.3 Å². The molecule has 106 valence electrons. The maximum absolute atomic E-state index is 12.4. The Balaban J connectivity index is 1.72. The number of esters is 1. The van der Waals surface area contributed by atoms with Gasteiger partial charge in [0.15, 0.2) is 0 Å². The van der Waals surface area contributed by atoms with Crippen LogP contribution in [0.15, 0.2) is 18.2 Å². The van der Waals surface area contributed by atoms with Crippen LogP contribution in [0.4, 0.5) is 0 Å². The van der Waals surface area contributed by atoms with Crippen LogP contribution in [0, 0.1) is 5.92 Å². The molecule has 2 aliphatic heterocycles. The van der Waals surface area contributed by atoms with Crippen LogP contribution in [-0.2, 0) is 16.0 Å². The lowest BCUT2D eigenvalue weighted by atomic mass is 10.1. The van der Waals surface area contributed by atoms with E-state index in [1.54, 1.807) is 11.0 Å². The first kappa shape index (κ1) is 13.0. The van der Waals surface area contributed by atoms with Crippen molar-refractivity contribution in [1.82, 2.24) is 4.90 Å². The molecule has 0 saturated carbocycles. The van der Waals surface area contributed by atoms with Gasteiger partial charge in [-0.1, -0.05) is 0 Å². The first-order valence-electron chi connectivity index (χ1n) is 6.82. The van der Waals surface area contributed by atoms with Gasteiger partial charge in [-0.25, -0.2) is 0 Å². The normalized spacial score (nSPS) is 20.4. The van der Waals surface area contributed by atoms with Crippen LogP contribution in [0.5, 0.6) is 5.75 Å². The number of amides is 1. The number of hydrogen-bond donors (Lipinski definition) is 0. The summed E-state index contributed by atoms with van der Waals surface area (Å²) in [6.45, 7) is 1.73. The van der Waals surface area contributed by atoms with Gasteiger partial charge in [0.25, 0.3) is 5.91 Å². The molecule has 5 nitrogen and oxygen atoms in total. The summed E-state index contributed by atoms with van der Waals surface area (Å²) in [6, 6.07) is 5.54. The standard InChI is InChI=1S/C15H17NO4/c1-19-15(18)12-4-6-16(9-12)14(17)11-2-3-13-10(8-11)5-7-20-13/h2-3,8,12H,4-7,9H2,1H3. The number of likely N-dealkylation sites (tertiary alicyclic amines) is 1. The van der Waals surface area contributed by atoms with E-state index in [9.17, 15) is 9.59 Å². The number of carbonyl (C=O) groups excluding carboxylic acids is 2. The highest BCUT2D eigenvalue weighted by molar-refractivity contribution is 5.95. The molecule has 1 saturated heterocycles. The second-order valence-electron chi connectivity index (χ2n) is 5.18. The van der Waals surface area contributed by atoms with Gasteiger partial charge < -0.3 is 14.4 Å². The van der Waals surface area contributed by atoms with E-state index < -0.39 is 0 Å². The van der Waals surface area contributed by atoms with Crippen LogP contribution in [0.25, 0.3) is 0 Å². The molecule has 1 aromatic rings. The Morgan fingerprint density at radius 1 is 1.40 bits per heavy atom. The molecule has 1 atom stereocenters. The zero-order valence-corrected chi connectivity index (χ0v) is 11.4. The monoisotopic (exact) mass is 275 g/mol. The van der Waals surface area contributed by atoms with Gasteiger partial charge in [-0.3, -0.25) is 9.59 Å². The minimum atomic E-state index is -0.234. The second-order valence-corrected chi connectivity index (χ2v) is 5.18. The molecule has 0 N–H and O–H groups in total. The lowest BCUT2D eigenvalue weighted by Crippen LogP contribution is -2.30. The molecule has 1 amide bonds. The molecule has 0 radical (unpaired) electrons. The zero-order chi connectivity index (χ0) is 14.1. The van der Waals surface area contributed by atoms with Gasteiger partial charge in [0, 0.05) is 25.1 Å². The van der Waals surface area contributed by atoms with E-state index in [-0.39, 0.29) is 17.8 Å². The summed E-state index contributed by atoms with van der Waals surface area (Å²) in [5, 5.41) is 0. The van der Waals surface area contributed by atoms with E-state index in [2.05, 4.69) is 0 Å². The van der Waals surface area contributed by atoms with Crippen LogP contribution >= 0.6 is 0 Å².